The number of carboxylic acid groups (broad SMARTS) is 1. The van der Waals surface area contributed by atoms with Gasteiger partial charge in [-0.15, -0.1) is 12.4 Å². The molecule has 1 saturated carbocycles. The highest BCUT2D eigenvalue weighted by Gasteiger charge is 2.47. The molecule has 1 saturated heterocycles. The van der Waals surface area contributed by atoms with Gasteiger partial charge in [0, 0.05) is 24.1 Å². The number of aromatic nitrogens is 2. The lowest BCUT2D eigenvalue weighted by Gasteiger charge is -2.15. The van der Waals surface area contributed by atoms with Crippen LogP contribution in [0.25, 0.3) is 20.9 Å². The summed E-state index contributed by atoms with van der Waals surface area (Å²) >= 11 is 1.42. The van der Waals surface area contributed by atoms with Gasteiger partial charge in [-0.3, -0.25) is 9.69 Å². The molecule has 1 aliphatic carbocycles. The Labute approximate surface area is 213 Å². The van der Waals surface area contributed by atoms with E-state index in [1.807, 2.05) is 18.2 Å². The smallest absolute Gasteiger partial charge is 0.307 e. The number of nitrogens with zero attached hydrogens (tertiary/aromatic N) is 3. The van der Waals surface area contributed by atoms with Gasteiger partial charge in [0.15, 0.2) is 0 Å². The Bertz CT molecular complexity index is 1390. The summed E-state index contributed by atoms with van der Waals surface area (Å²) in [7, 11) is 0. The number of carboxylic acids is 1. The van der Waals surface area contributed by atoms with Crippen LogP contribution in [0, 0.1) is 11.7 Å². The maximum atomic E-state index is 15.1. The quantitative estimate of drug-likeness (QED) is 0.350. The summed E-state index contributed by atoms with van der Waals surface area (Å²) in [5.41, 5.74) is 4.44. The fraction of sp³-hybridized carbons (Fsp3) is 0.296. The topological polar surface area (TPSA) is 66.3 Å². The summed E-state index contributed by atoms with van der Waals surface area (Å²) in [6.45, 7) is 1.78. The average Bonchev–Trinajstić information content (AvgIpc) is 3.32. The van der Waals surface area contributed by atoms with Gasteiger partial charge in [0.25, 0.3) is 0 Å². The number of carbonyl (C=O) groups is 1. The van der Waals surface area contributed by atoms with E-state index in [1.54, 1.807) is 12.1 Å². The number of thiazole rings is 1. The molecule has 4 aromatic rings. The molecule has 0 bridgehead atoms. The molecule has 2 aromatic carbocycles. The normalized spacial score (nSPS) is 18.9. The number of halogens is 2. The SMILES string of the molecule is Cl.O=C(O)C1CCN(Cc2ccc(-c3nc4ccc(C5(c6ccccc6)CC5)nc4s3)c(F)c2)C1. The van der Waals surface area contributed by atoms with E-state index in [1.165, 1.54) is 16.9 Å². The molecule has 0 amide bonds. The van der Waals surface area contributed by atoms with Gasteiger partial charge in [-0.05, 0) is 61.2 Å². The molecule has 1 atom stereocenters. The molecule has 1 unspecified atom stereocenters. The fourth-order valence-corrected chi connectivity index (χ4v) is 6.01. The second kappa shape index (κ2) is 9.30. The Balaban J connectivity index is 0.00000253. The zero-order valence-electron chi connectivity index (χ0n) is 19.0. The van der Waals surface area contributed by atoms with Gasteiger partial charge >= 0.3 is 5.97 Å². The molecule has 0 spiro atoms. The van der Waals surface area contributed by atoms with E-state index < -0.39 is 5.97 Å². The third kappa shape index (κ3) is 4.44. The third-order valence-corrected chi connectivity index (χ3v) is 8.11. The predicted molar refractivity (Wildman–Crippen MR) is 138 cm³/mol. The average molecular weight is 510 g/mol. The molecule has 6 rings (SSSR count). The minimum absolute atomic E-state index is 0. The van der Waals surface area contributed by atoms with Crippen molar-refractivity contribution in [3.8, 4) is 10.6 Å². The van der Waals surface area contributed by atoms with Gasteiger partial charge in [0.2, 0.25) is 0 Å². The standard InChI is InChI=1S/C27H24FN3O2S.ClH/c28-21-14-17(15-31-13-10-18(16-31)26(32)33)6-7-20(21)24-29-22-8-9-23(30-25(22)34-24)27(11-12-27)19-4-2-1-3-5-19;/h1-9,14,18H,10-13,15-16H2,(H,32,33);1H. The van der Waals surface area contributed by atoms with Gasteiger partial charge in [0.05, 0.1) is 11.6 Å². The third-order valence-electron chi connectivity index (χ3n) is 7.11. The summed E-state index contributed by atoms with van der Waals surface area (Å²) in [5.74, 6) is -1.40. The molecule has 2 aliphatic rings. The molecule has 5 nitrogen and oxygen atoms in total. The van der Waals surface area contributed by atoms with E-state index in [0.29, 0.717) is 30.1 Å². The highest BCUT2D eigenvalue weighted by Crippen LogP contribution is 2.53. The van der Waals surface area contributed by atoms with Crippen molar-refractivity contribution in [1.29, 1.82) is 0 Å². The zero-order valence-corrected chi connectivity index (χ0v) is 20.6. The van der Waals surface area contributed by atoms with E-state index in [2.05, 4.69) is 40.2 Å². The first kappa shape index (κ1) is 23.9. The van der Waals surface area contributed by atoms with Crippen molar-refractivity contribution in [1.82, 2.24) is 14.9 Å². The van der Waals surface area contributed by atoms with Crippen LogP contribution in [0.4, 0.5) is 4.39 Å². The van der Waals surface area contributed by atoms with Crippen LogP contribution in [0.3, 0.4) is 0 Å². The van der Waals surface area contributed by atoms with Crippen molar-refractivity contribution < 1.29 is 14.3 Å². The molecule has 0 radical (unpaired) electrons. The molecule has 1 N–H and O–H groups in total. The molecular formula is C27H25ClFN3O2S. The zero-order chi connectivity index (χ0) is 23.3. The number of rotatable bonds is 6. The lowest BCUT2D eigenvalue weighted by atomic mass is 9.92. The van der Waals surface area contributed by atoms with E-state index >= 15 is 4.39 Å². The number of pyridine rings is 1. The van der Waals surface area contributed by atoms with Gasteiger partial charge in [-0.25, -0.2) is 14.4 Å². The van der Waals surface area contributed by atoms with Crippen LogP contribution < -0.4 is 0 Å². The first-order chi connectivity index (χ1) is 16.5. The Kier molecular flexibility index (Phi) is 6.34. The molecule has 1 aliphatic heterocycles. The van der Waals surface area contributed by atoms with Gasteiger partial charge in [0.1, 0.15) is 21.2 Å². The van der Waals surface area contributed by atoms with Crippen molar-refractivity contribution in [2.45, 2.75) is 31.2 Å². The minimum atomic E-state index is -0.756. The van der Waals surface area contributed by atoms with E-state index in [4.69, 9.17) is 4.98 Å². The Hall–Kier alpha value is -2.87. The molecule has 35 heavy (non-hydrogen) atoms. The van der Waals surface area contributed by atoms with Crippen LogP contribution in [0.15, 0.2) is 60.7 Å². The van der Waals surface area contributed by atoms with Crippen molar-refractivity contribution >= 4 is 40.1 Å². The maximum absolute atomic E-state index is 15.1. The van der Waals surface area contributed by atoms with Crippen molar-refractivity contribution in [2.24, 2.45) is 5.92 Å². The maximum Gasteiger partial charge on any atom is 0.307 e. The first-order valence-electron chi connectivity index (χ1n) is 11.6. The fourth-order valence-electron chi connectivity index (χ4n) is 5.04. The van der Waals surface area contributed by atoms with Crippen molar-refractivity contribution in [3.63, 3.8) is 0 Å². The van der Waals surface area contributed by atoms with Crippen LogP contribution in [0.1, 0.15) is 36.1 Å². The second-order valence-electron chi connectivity index (χ2n) is 9.36. The number of hydrogen-bond acceptors (Lipinski definition) is 5. The van der Waals surface area contributed by atoms with Crippen LogP contribution in [0.5, 0.6) is 0 Å². The minimum Gasteiger partial charge on any atom is -0.481 e. The summed E-state index contributed by atoms with van der Waals surface area (Å²) < 4.78 is 15.1. The molecular weight excluding hydrogens is 485 g/mol. The second-order valence-corrected chi connectivity index (χ2v) is 10.3. The summed E-state index contributed by atoms with van der Waals surface area (Å²) in [6, 6.07) is 19.8. The summed E-state index contributed by atoms with van der Waals surface area (Å²) in [6.07, 6.45) is 2.81. The predicted octanol–water partition coefficient (Wildman–Crippen LogP) is 5.91. The molecule has 3 heterocycles. The molecule has 8 heteroatoms. The lowest BCUT2D eigenvalue weighted by molar-refractivity contribution is -0.141. The van der Waals surface area contributed by atoms with E-state index in [0.717, 1.165) is 41.0 Å². The highest BCUT2D eigenvalue weighted by molar-refractivity contribution is 7.21. The summed E-state index contributed by atoms with van der Waals surface area (Å²) in [4.78, 5) is 23.7. The van der Waals surface area contributed by atoms with Crippen molar-refractivity contribution in [2.75, 3.05) is 13.1 Å². The Morgan fingerprint density at radius 1 is 1.11 bits per heavy atom. The van der Waals surface area contributed by atoms with E-state index in [-0.39, 0.29) is 29.6 Å². The highest BCUT2D eigenvalue weighted by atomic mass is 35.5. The molecule has 2 aromatic heterocycles. The Morgan fingerprint density at radius 2 is 1.91 bits per heavy atom. The van der Waals surface area contributed by atoms with Crippen molar-refractivity contribution in [3.05, 3.63) is 83.3 Å². The first-order valence-corrected chi connectivity index (χ1v) is 12.4. The lowest BCUT2D eigenvalue weighted by Crippen LogP contribution is -2.22. The van der Waals surface area contributed by atoms with Gasteiger partial charge < -0.3 is 5.11 Å². The molecule has 2 fully saturated rings. The number of benzene rings is 2. The van der Waals surface area contributed by atoms with Crippen LogP contribution in [-0.2, 0) is 16.8 Å². The van der Waals surface area contributed by atoms with Gasteiger partial charge in [-0.1, -0.05) is 47.7 Å². The number of likely N-dealkylation sites (tertiary alicyclic amines) is 1. The summed E-state index contributed by atoms with van der Waals surface area (Å²) in [5, 5.41) is 9.81. The Morgan fingerprint density at radius 3 is 2.60 bits per heavy atom. The number of aliphatic carboxylic acids is 1. The largest absolute Gasteiger partial charge is 0.481 e. The molecule has 180 valence electrons. The monoisotopic (exact) mass is 509 g/mol. The number of fused-ring (bicyclic) bond motifs is 1. The van der Waals surface area contributed by atoms with E-state index in [9.17, 15) is 9.90 Å². The van der Waals surface area contributed by atoms with Crippen LogP contribution in [-0.4, -0.2) is 39.0 Å². The van der Waals surface area contributed by atoms with Gasteiger partial charge in [-0.2, -0.15) is 0 Å². The number of hydrogen-bond donors (Lipinski definition) is 1. The van der Waals surface area contributed by atoms with Crippen LogP contribution >= 0.6 is 23.7 Å². The van der Waals surface area contributed by atoms with Crippen LogP contribution in [0.2, 0.25) is 0 Å².